The number of rotatable bonds is 2. The Hall–Kier alpha value is -1.14. The minimum absolute atomic E-state index is 0.105. The number of halogens is 1. The van der Waals surface area contributed by atoms with Gasteiger partial charge < -0.3 is 10.6 Å². The van der Waals surface area contributed by atoms with Gasteiger partial charge in [-0.05, 0) is 19.1 Å². The van der Waals surface area contributed by atoms with Crippen LogP contribution in [0.3, 0.4) is 0 Å². The van der Waals surface area contributed by atoms with Crippen LogP contribution >= 0.6 is 0 Å². The molecule has 0 saturated carbocycles. The summed E-state index contributed by atoms with van der Waals surface area (Å²) in [6.45, 7) is 2.33. The van der Waals surface area contributed by atoms with Gasteiger partial charge in [-0.2, -0.15) is 0 Å². The molecule has 0 amide bonds. The van der Waals surface area contributed by atoms with Gasteiger partial charge in [0.1, 0.15) is 5.82 Å². The lowest BCUT2D eigenvalue weighted by atomic mass is 10.1. The highest BCUT2D eigenvalue weighted by molar-refractivity contribution is 7.91. The van der Waals surface area contributed by atoms with Crippen LogP contribution in [0, 0.1) is 5.82 Å². The molecular weight excluding hydrogens is 255 g/mol. The highest BCUT2D eigenvalue weighted by Crippen LogP contribution is 2.27. The summed E-state index contributed by atoms with van der Waals surface area (Å²) < 4.78 is 36.7. The smallest absolute Gasteiger partial charge is 0.154 e. The molecule has 0 spiro atoms. The Morgan fingerprint density at radius 2 is 2.22 bits per heavy atom. The van der Waals surface area contributed by atoms with E-state index in [4.69, 9.17) is 5.73 Å². The summed E-state index contributed by atoms with van der Waals surface area (Å²) in [5.41, 5.74) is 6.73. The van der Waals surface area contributed by atoms with E-state index in [1.54, 1.807) is 12.1 Å². The molecule has 0 aliphatic carbocycles. The summed E-state index contributed by atoms with van der Waals surface area (Å²) in [7, 11) is -2.97. The van der Waals surface area contributed by atoms with Gasteiger partial charge in [-0.25, -0.2) is 12.8 Å². The molecule has 4 nitrogen and oxygen atoms in total. The number of nitrogens with zero attached hydrogens (tertiary/aromatic N) is 1. The predicted octanol–water partition coefficient (Wildman–Crippen LogP) is 0.908. The quantitative estimate of drug-likeness (QED) is 0.869. The van der Waals surface area contributed by atoms with Crippen LogP contribution in [0.4, 0.5) is 10.1 Å². The van der Waals surface area contributed by atoms with E-state index in [1.165, 1.54) is 6.07 Å². The lowest BCUT2D eigenvalue weighted by Gasteiger charge is -2.36. The van der Waals surface area contributed by atoms with E-state index < -0.39 is 9.84 Å². The maximum absolute atomic E-state index is 13.7. The maximum Gasteiger partial charge on any atom is 0.154 e. The summed E-state index contributed by atoms with van der Waals surface area (Å²) in [6.07, 6.45) is 0. The highest BCUT2D eigenvalue weighted by atomic mass is 32.2. The molecule has 0 radical (unpaired) electrons. The van der Waals surface area contributed by atoms with Crippen LogP contribution in [0.25, 0.3) is 0 Å². The summed E-state index contributed by atoms with van der Waals surface area (Å²) in [5, 5.41) is 0. The largest absolute Gasteiger partial charge is 0.366 e. The molecule has 6 heteroatoms. The van der Waals surface area contributed by atoms with Crippen molar-refractivity contribution in [3.05, 3.63) is 29.6 Å². The molecule has 0 aromatic heterocycles. The summed E-state index contributed by atoms with van der Waals surface area (Å²) >= 11 is 0. The van der Waals surface area contributed by atoms with Crippen molar-refractivity contribution in [3.8, 4) is 0 Å². The van der Waals surface area contributed by atoms with Crippen molar-refractivity contribution in [1.82, 2.24) is 0 Å². The molecule has 1 aliphatic rings. The molecular formula is C12H17FN2O2S. The fraction of sp³-hybridized carbons (Fsp3) is 0.500. The normalized spacial score (nSPS) is 23.1. The zero-order chi connectivity index (χ0) is 13.3. The van der Waals surface area contributed by atoms with Crippen molar-refractivity contribution < 1.29 is 12.8 Å². The van der Waals surface area contributed by atoms with E-state index in [2.05, 4.69) is 0 Å². The molecule has 2 N–H and O–H groups in total. The van der Waals surface area contributed by atoms with Gasteiger partial charge in [0.25, 0.3) is 0 Å². The third-order valence-electron chi connectivity index (χ3n) is 3.28. The SMILES string of the molecule is CC1CS(=O)(=O)CCN1c1cccc(F)c1CN. The first kappa shape index (κ1) is 13.3. The van der Waals surface area contributed by atoms with Crippen molar-refractivity contribution in [2.24, 2.45) is 5.73 Å². The van der Waals surface area contributed by atoms with Gasteiger partial charge in [0.15, 0.2) is 9.84 Å². The van der Waals surface area contributed by atoms with Crippen molar-refractivity contribution in [3.63, 3.8) is 0 Å². The van der Waals surface area contributed by atoms with Crippen LogP contribution in [0.1, 0.15) is 12.5 Å². The number of hydrogen-bond acceptors (Lipinski definition) is 4. The van der Waals surface area contributed by atoms with E-state index in [1.807, 2.05) is 11.8 Å². The average molecular weight is 272 g/mol. The number of hydrogen-bond donors (Lipinski definition) is 1. The number of sulfone groups is 1. The number of anilines is 1. The van der Waals surface area contributed by atoms with Crippen LogP contribution in [-0.2, 0) is 16.4 Å². The lowest BCUT2D eigenvalue weighted by Crippen LogP contribution is -2.47. The first-order valence-electron chi connectivity index (χ1n) is 5.89. The van der Waals surface area contributed by atoms with Crippen molar-refractivity contribution in [2.75, 3.05) is 23.0 Å². The van der Waals surface area contributed by atoms with Crippen molar-refractivity contribution >= 4 is 15.5 Å². The Labute approximate surface area is 107 Å². The van der Waals surface area contributed by atoms with Gasteiger partial charge in [-0.1, -0.05) is 6.07 Å². The molecule has 1 aromatic carbocycles. The Kier molecular flexibility index (Phi) is 3.59. The second-order valence-electron chi connectivity index (χ2n) is 4.60. The van der Waals surface area contributed by atoms with Gasteiger partial charge >= 0.3 is 0 Å². The van der Waals surface area contributed by atoms with Crippen LogP contribution in [0.5, 0.6) is 0 Å². The van der Waals surface area contributed by atoms with Gasteiger partial charge in [-0.15, -0.1) is 0 Å². The summed E-state index contributed by atoms with van der Waals surface area (Å²) in [4.78, 5) is 1.92. The summed E-state index contributed by atoms with van der Waals surface area (Å²) in [5.74, 6) is -0.124. The maximum atomic E-state index is 13.7. The molecule has 1 atom stereocenters. The first-order chi connectivity index (χ1) is 8.44. The Morgan fingerprint density at radius 3 is 2.83 bits per heavy atom. The molecule has 1 fully saturated rings. The van der Waals surface area contributed by atoms with E-state index in [-0.39, 0.29) is 29.9 Å². The van der Waals surface area contributed by atoms with Gasteiger partial charge in [-0.3, -0.25) is 0 Å². The second kappa shape index (κ2) is 4.85. The van der Waals surface area contributed by atoms with Crippen LogP contribution in [0.15, 0.2) is 18.2 Å². The standard InChI is InChI=1S/C12H17FN2O2S/c1-9-8-18(16,17)6-5-15(9)12-4-2-3-11(13)10(12)7-14/h2-4,9H,5-8,14H2,1H3. The molecule has 1 heterocycles. The van der Waals surface area contributed by atoms with Crippen LogP contribution < -0.4 is 10.6 Å². The average Bonchev–Trinajstić information content (AvgIpc) is 2.27. The van der Waals surface area contributed by atoms with Crippen LogP contribution in [0.2, 0.25) is 0 Å². The van der Waals surface area contributed by atoms with E-state index >= 15 is 0 Å². The van der Waals surface area contributed by atoms with E-state index in [0.717, 1.165) is 0 Å². The molecule has 0 bridgehead atoms. The minimum atomic E-state index is -2.97. The van der Waals surface area contributed by atoms with Gasteiger partial charge in [0.05, 0.1) is 11.5 Å². The Morgan fingerprint density at radius 1 is 1.50 bits per heavy atom. The van der Waals surface area contributed by atoms with E-state index in [0.29, 0.717) is 17.8 Å². The van der Waals surface area contributed by atoms with Gasteiger partial charge in [0.2, 0.25) is 0 Å². The number of benzene rings is 1. The fourth-order valence-corrected chi connectivity index (χ4v) is 3.93. The number of nitrogens with two attached hydrogens (primary N) is 1. The fourth-order valence-electron chi connectivity index (χ4n) is 2.37. The van der Waals surface area contributed by atoms with Crippen molar-refractivity contribution in [2.45, 2.75) is 19.5 Å². The molecule has 1 aromatic rings. The minimum Gasteiger partial charge on any atom is -0.366 e. The third kappa shape index (κ3) is 2.49. The topological polar surface area (TPSA) is 63.4 Å². The highest BCUT2D eigenvalue weighted by Gasteiger charge is 2.29. The van der Waals surface area contributed by atoms with Crippen molar-refractivity contribution in [1.29, 1.82) is 0 Å². The zero-order valence-electron chi connectivity index (χ0n) is 10.3. The van der Waals surface area contributed by atoms with Crippen LogP contribution in [-0.4, -0.2) is 32.5 Å². The Balaban J connectivity index is 2.36. The van der Waals surface area contributed by atoms with Gasteiger partial charge in [0, 0.05) is 30.4 Å². The lowest BCUT2D eigenvalue weighted by molar-refractivity contribution is 0.565. The van der Waals surface area contributed by atoms with E-state index in [9.17, 15) is 12.8 Å². The predicted molar refractivity (Wildman–Crippen MR) is 69.8 cm³/mol. The zero-order valence-corrected chi connectivity index (χ0v) is 11.1. The Bertz CT molecular complexity index is 545. The molecule has 2 rings (SSSR count). The molecule has 18 heavy (non-hydrogen) atoms. The third-order valence-corrected chi connectivity index (χ3v) is 5.07. The molecule has 1 saturated heterocycles. The first-order valence-corrected chi connectivity index (χ1v) is 7.71. The molecule has 1 unspecified atom stereocenters. The second-order valence-corrected chi connectivity index (χ2v) is 6.83. The summed E-state index contributed by atoms with van der Waals surface area (Å²) in [6, 6.07) is 4.63. The molecule has 1 aliphatic heterocycles. The molecule has 100 valence electrons. The monoisotopic (exact) mass is 272 g/mol.